The maximum atomic E-state index is 2.78. The Kier molecular flexibility index (Phi) is 4.95. The summed E-state index contributed by atoms with van der Waals surface area (Å²) in [5.41, 5.74) is 0. The predicted molar refractivity (Wildman–Crippen MR) is 90.4 cm³/mol. The Bertz CT molecular complexity index is 318. The molecule has 0 radical (unpaired) electrons. The van der Waals surface area contributed by atoms with Crippen molar-refractivity contribution in [3.63, 3.8) is 0 Å². The van der Waals surface area contributed by atoms with Crippen LogP contribution in [0, 0.1) is 29.6 Å². The van der Waals surface area contributed by atoms with Crippen LogP contribution in [0.1, 0.15) is 53.4 Å². The standard InChI is InChI=1S/C19H36N2/c1-14(2)17-9-16(10-17)13-20-5-7-21(8-6-20)19-11-18(12-19)15(3)4/h14-19H,5-13H2,1-4H3. The molecule has 0 aromatic carbocycles. The van der Waals surface area contributed by atoms with Gasteiger partial charge in [0.05, 0.1) is 0 Å². The van der Waals surface area contributed by atoms with Gasteiger partial charge in [0.15, 0.2) is 0 Å². The van der Waals surface area contributed by atoms with Gasteiger partial charge in [0, 0.05) is 38.8 Å². The van der Waals surface area contributed by atoms with Gasteiger partial charge in [-0.1, -0.05) is 27.7 Å². The SMILES string of the molecule is CC(C)C1CC(CN2CCN(C3CC(C(C)C)C3)CC2)C1. The Morgan fingerprint density at radius 3 is 1.81 bits per heavy atom. The molecule has 122 valence electrons. The molecule has 0 aromatic heterocycles. The summed E-state index contributed by atoms with van der Waals surface area (Å²) >= 11 is 0. The molecule has 2 nitrogen and oxygen atoms in total. The van der Waals surface area contributed by atoms with Crippen molar-refractivity contribution in [1.29, 1.82) is 0 Å². The first-order chi connectivity index (χ1) is 10.0. The molecule has 1 saturated heterocycles. The van der Waals surface area contributed by atoms with Gasteiger partial charge in [-0.15, -0.1) is 0 Å². The van der Waals surface area contributed by atoms with E-state index in [1.807, 2.05) is 0 Å². The quantitative estimate of drug-likeness (QED) is 0.762. The zero-order chi connectivity index (χ0) is 15.0. The van der Waals surface area contributed by atoms with Gasteiger partial charge >= 0.3 is 0 Å². The van der Waals surface area contributed by atoms with Crippen LogP contribution in [0.25, 0.3) is 0 Å². The fourth-order valence-electron chi connectivity index (χ4n) is 4.63. The predicted octanol–water partition coefficient (Wildman–Crippen LogP) is 3.72. The lowest BCUT2D eigenvalue weighted by Gasteiger charge is -2.49. The van der Waals surface area contributed by atoms with Crippen molar-refractivity contribution >= 4 is 0 Å². The zero-order valence-electron chi connectivity index (χ0n) is 14.7. The third kappa shape index (κ3) is 3.64. The molecule has 0 spiro atoms. The van der Waals surface area contributed by atoms with Crippen molar-refractivity contribution < 1.29 is 0 Å². The highest BCUT2D eigenvalue weighted by Gasteiger charge is 2.37. The summed E-state index contributed by atoms with van der Waals surface area (Å²) in [6.07, 6.45) is 5.93. The molecule has 1 aliphatic heterocycles. The first-order valence-electron chi connectivity index (χ1n) is 9.49. The monoisotopic (exact) mass is 292 g/mol. The Morgan fingerprint density at radius 1 is 0.762 bits per heavy atom. The lowest BCUT2D eigenvalue weighted by molar-refractivity contribution is 0.00641. The average molecular weight is 293 g/mol. The van der Waals surface area contributed by atoms with E-state index in [0.717, 1.165) is 35.6 Å². The Morgan fingerprint density at radius 2 is 1.29 bits per heavy atom. The van der Waals surface area contributed by atoms with Gasteiger partial charge in [-0.3, -0.25) is 4.90 Å². The minimum Gasteiger partial charge on any atom is -0.301 e. The summed E-state index contributed by atoms with van der Waals surface area (Å²) in [5.74, 6) is 4.86. The second-order valence-electron chi connectivity index (χ2n) is 8.81. The van der Waals surface area contributed by atoms with Crippen LogP contribution in [-0.4, -0.2) is 48.6 Å². The van der Waals surface area contributed by atoms with Gasteiger partial charge in [0.2, 0.25) is 0 Å². The lowest BCUT2D eigenvalue weighted by Crippen LogP contribution is -2.55. The molecule has 3 aliphatic rings. The minimum absolute atomic E-state index is 0.898. The lowest BCUT2D eigenvalue weighted by atomic mass is 9.69. The number of hydrogen-bond donors (Lipinski definition) is 0. The van der Waals surface area contributed by atoms with E-state index in [0.29, 0.717) is 0 Å². The largest absolute Gasteiger partial charge is 0.301 e. The fraction of sp³-hybridized carbons (Fsp3) is 1.00. The second-order valence-corrected chi connectivity index (χ2v) is 8.81. The van der Waals surface area contributed by atoms with E-state index in [1.54, 1.807) is 0 Å². The molecule has 21 heavy (non-hydrogen) atoms. The molecule has 2 heteroatoms. The molecule has 0 unspecified atom stereocenters. The Hall–Kier alpha value is -0.0800. The number of rotatable bonds is 5. The van der Waals surface area contributed by atoms with Crippen molar-refractivity contribution in [1.82, 2.24) is 9.80 Å². The van der Waals surface area contributed by atoms with Gasteiger partial charge in [0.1, 0.15) is 0 Å². The highest BCUT2D eigenvalue weighted by atomic mass is 15.3. The maximum absolute atomic E-state index is 2.78. The number of piperazine rings is 1. The van der Waals surface area contributed by atoms with E-state index >= 15 is 0 Å². The van der Waals surface area contributed by atoms with E-state index in [1.165, 1.54) is 58.4 Å². The molecule has 2 aliphatic carbocycles. The molecule has 0 aromatic rings. The Labute approximate surface area is 132 Å². The summed E-state index contributed by atoms with van der Waals surface area (Å²) in [7, 11) is 0. The van der Waals surface area contributed by atoms with E-state index in [4.69, 9.17) is 0 Å². The van der Waals surface area contributed by atoms with Gasteiger partial charge in [-0.05, 0) is 55.3 Å². The fourth-order valence-corrected chi connectivity index (χ4v) is 4.63. The molecule has 1 heterocycles. The minimum atomic E-state index is 0.898. The zero-order valence-corrected chi connectivity index (χ0v) is 14.7. The van der Waals surface area contributed by atoms with Crippen LogP contribution in [0.15, 0.2) is 0 Å². The summed E-state index contributed by atoms with van der Waals surface area (Å²) in [6.45, 7) is 16.3. The van der Waals surface area contributed by atoms with Crippen LogP contribution in [0.2, 0.25) is 0 Å². The second kappa shape index (κ2) is 6.58. The first-order valence-corrected chi connectivity index (χ1v) is 9.49. The van der Waals surface area contributed by atoms with Crippen molar-refractivity contribution in [3.8, 4) is 0 Å². The molecule has 0 bridgehead atoms. The molecule has 3 fully saturated rings. The topological polar surface area (TPSA) is 6.48 Å². The highest BCUT2D eigenvalue weighted by Crippen LogP contribution is 2.40. The van der Waals surface area contributed by atoms with Crippen LogP contribution in [0.5, 0.6) is 0 Å². The summed E-state index contributed by atoms with van der Waals surface area (Å²) in [4.78, 5) is 5.53. The molecule has 3 rings (SSSR count). The van der Waals surface area contributed by atoms with E-state index in [9.17, 15) is 0 Å². The molecular formula is C19H36N2. The van der Waals surface area contributed by atoms with E-state index in [-0.39, 0.29) is 0 Å². The number of hydrogen-bond acceptors (Lipinski definition) is 2. The van der Waals surface area contributed by atoms with E-state index < -0.39 is 0 Å². The van der Waals surface area contributed by atoms with Crippen molar-refractivity contribution in [2.24, 2.45) is 29.6 Å². The molecule has 2 saturated carbocycles. The van der Waals surface area contributed by atoms with Crippen LogP contribution in [0.3, 0.4) is 0 Å². The highest BCUT2D eigenvalue weighted by molar-refractivity contribution is 4.91. The molecule has 0 atom stereocenters. The van der Waals surface area contributed by atoms with Crippen LogP contribution in [-0.2, 0) is 0 Å². The van der Waals surface area contributed by atoms with Gasteiger partial charge in [-0.25, -0.2) is 0 Å². The van der Waals surface area contributed by atoms with Gasteiger partial charge in [0.25, 0.3) is 0 Å². The van der Waals surface area contributed by atoms with Crippen LogP contribution >= 0.6 is 0 Å². The van der Waals surface area contributed by atoms with E-state index in [2.05, 4.69) is 37.5 Å². The summed E-state index contributed by atoms with van der Waals surface area (Å²) in [6, 6.07) is 0.925. The van der Waals surface area contributed by atoms with Crippen molar-refractivity contribution in [2.45, 2.75) is 59.4 Å². The van der Waals surface area contributed by atoms with Crippen molar-refractivity contribution in [2.75, 3.05) is 32.7 Å². The third-order valence-electron chi connectivity index (χ3n) is 6.75. The van der Waals surface area contributed by atoms with Crippen LogP contribution < -0.4 is 0 Å². The number of nitrogens with zero attached hydrogens (tertiary/aromatic N) is 2. The normalized spacial score (nSPS) is 38.6. The van der Waals surface area contributed by atoms with Gasteiger partial charge in [-0.2, -0.15) is 0 Å². The first kappa shape index (κ1) is 15.8. The van der Waals surface area contributed by atoms with Gasteiger partial charge < -0.3 is 4.90 Å². The van der Waals surface area contributed by atoms with Crippen LogP contribution in [0.4, 0.5) is 0 Å². The molecule has 0 N–H and O–H groups in total. The molecule has 0 amide bonds. The average Bonchev–Trinajstić information content (AvgIpc) is 2.32. The van der Waals surface area contributed by atoms with Crippen molar-refractivity contribution in [3.05, 3.63) is 0 Å². The Balaban J connectivity index is 1.31. The summed E-state index contributed by atoms with van der Waals surface area (Å²) < 4.78 is 0. The smallest absolute Gasteiger partial charge is 0.0113 e. The molecular weight excluding hydrogens is 256 g/mol. The maximum Gasteiger partial charge on any atom is 0.0113 e. The summed E-state index contributed by atoms with van der Waals surface area (Å²) in [5, 5.41) is 0. The third-order valence-corrected chi connectivity index (χ3v) is 6.75.